The number of nitrogens with zero attached hydrogens (tertiary/aromatic N) is 3. The number of amides is 2. The zero-order valence-corrected chi connectivity index (χ0v) is 19.0. The van der Waals surface area contributed by atoms with Gasteiger partial charge in [-0.05, 0) is 49.6 Å². The summed E-state index contributed by atoms with van der Waals surface area (Å²) in [6, 6.07) is 8.05. The average molecular weight is 463 g/mol. The molecule has 33 heavy (non-hydrogen) atoms. The van der Waals surface area contributed by atoms with E-state index in [1.165, 1.54) is 18.3 Å². The maximum absolute atomic E-state index is 12.9. The van der Waals surface area contributed by atoms with Gasteiger partial charge in [0, 0.05) is 44.0 Å². The quantitative estimate of drug-likeness (QED) is 0.698. The fraction of sp³-hybridized carbons (Fsp3) is 0.458. The van der Waals surface area contributed by atoms with Crippen LogP contribution >= 0.6 is 0 Å². The lowest BCUT2D eigenvalue weighted by Crippen LogP contribution is -2.49. The first-order valence-electron chi connectivity index (χ1n) is 11.0. The highest BCUT2D eigenvalue weighted by Crippen LogP contribution is 2.30. The van der Waals surface area contributed by atoms with Crippen molar-refractivity contribution in [2.45, 2.75) is 39.4 Å². The highest BCUT2D eigenvalue weighted by molar-refractivity contribution is 5.95. The lowest BCUT2D eigenvalue weighted by atomic mass is 10.1. The summed E-state index contributed by atoms with van der Waals surface area (Å²) in [6.45, 7) is 7.90. The normalized spacial score (nSPS) is 15.5. The monoisotopic (exact) mass is 462 g/mol. The predicted octanol–water partition coefficient (Wildman–Crippen LogP) is 4.23. The zero-order chi connectivity index (χ0) is 24.2. The summed E-state index contributed by atoms with van der Waals surface area (Å²) in [5, 5.41) is 2.97. The fourth-order valence-electron chi connectivity index (χ4n) is 3.93. The Morgan fingerprint density at radius 2 is 1.73 bits per heavy atom. The third kappa shape index (κ3) is 6.46. The Morgan fingerprint density at radius 3 is 2.30 bits per heavy atom. The van der Waals surface area contributed by atoms with Crippen molar-refractivity contribution >= 4 is 17.6 Å². The van der Waals surface area contributed by atoms with Gasteiger partial charge >= 0.3 is 6.18 Å². The molecule has 0 radical (unpaired) electrons. The summed E-state index contributed by atoms with van der Waals surface area (Å²) >= 11 is 0. The minimum atomic E-state index is -4.49. The molecule has 0 aliphatic carbocycles. The van der Waals surface area contributed by atoms with E-state index in [0.29, 0.717) is 43.5 Å². The second-order valence-electron chi connectivity index (χ2n) is 8.77. The van der Waals surface area contributed by atoms with E-state index in [1.807, 2.05) is 11.8 Å². The van der Waals surface area contributed by atoms with Crippen LogP contribution in [0, 0.1) is 5.92 Å². The SMILES string of the molecule is CC(C)CC(C)NC(=O)c1ccc(N2CCN(C(=O)c3cccc(C(F)(F)F)c3)CC2)nc1. The van der Waals surface area contributed by atoms with Crippen LogP contribution < -0.4 is 10.2 Å². The Labute approximate surface area is 191 Å². The molecule has 1 unspecified atom stereocenters. The number of hydrogen-bond acceptors (Lipinski definition) is 4. The molecule has 9 heteroatoms. The first-order chi connectivity index (χ1) is 15.5. The van der Waals surface area contributed by atoms with Gasteiger partial charge in [-0.1, -0.05) is 19.9 Å². The van der Waals surface area contributed by atoms with Crippen LogP contribution in [0.3, 0.4) is 0 Å². The average Bonchev–Trinajstić information content (AvgIpc) is 2.77. The largest absolute Gasteiger partial charge is 0.416 e. The molecule has 2 amide bonds. The number of rotatable bonds is 6. The molecule has 178 valence electrons. The molecule has 1 aromatic heterocycles. The molecule has 1 aliphatic rings. The third-order valence-electron chi connectivity index (χ3n) is 5.54. The summed E-state index contributed by atoms with van der Waals surface area (Å²) in [5.74, 6) is 0.586. The molecule has 1 aliphatic heterocycles. The Morgan fingerprint density at radius 1 is 1.03 bits per heavy atom. The first-order valence-corrected chi connectivity index (χ1v) is 11.0. The number of aromatic nitrogens is 1. The fourth-order valence-corrected chi connectivity index (χ4v) is 3.93. The van der Waals surface area contributed by atoms with E-state index < -0.39 is 17.6 Å². The number of piperazine rings is 1. The number of carbonyl (C=O) groups is 2. The third-order valence-corrected chi connectivity index (χ3v) is 5.54. The molecule has 0 saturated carbocycles. The predicted molar refractivity (Wildman–Crippen MR) is 120 cm³/mol. The van der Waals surface area contributed by atoms with E-state index in [1.54, 1.807) is 17.0 Å². The van der Waals surface area contributed by atoms with Crippen LogP contribution in [0.5, 0.6) is 0 Å². The van der Waals surface area contributed by atoms with E-state index in [2.05, 4.69) is 24.1 Å². The van der Waals surface area contributed by atoms with Crippen LogP contribution in [0.4, 0.5) is 19.0 Å². The van der Waals surface area contributed by atoms with Gasteiger partial charge in [-0.2, -0.15) is 13.2 Å². The number of nitrogens with one attached hydrogen (secondary N) is 1. The number of carbonyl (C=O) groups excluding carboxylic acids is 2. The molecule has 2 heterocycles. The first kappa shape index (κ1) is 24.5. The number of halogens is 3. The molecule has 1 atom stereocenters. The van der Waals surface area contributed by atoms with Crippen LogP contribution in [0.25, 0.3) is 0 Å². The topological polar surface area (TPSA) is 65.5 Å². The summed E-state index contributed by atoms with van der Waals surface area (Å²) in [6.07, 6.45) is -2.07. The molecule has 2 aromatic rings. The highest BCUT2D eigenvalue weighted by Gasteiger charge is 2.31. The molecule has 1 aromatic carbocycles. The number of alkyl halides is 3. The maximum Gasteiger partial charge on any atom is 0.416 e. The van der Waals surface area contributed by atoms with E-state index in [0.717, 1.165) is 18.6 Å². The van der Waals surface area contributed by atoms with Crippen molar-refractivity contribution in [3.63, 3.8) is 0 Å². The van der Waals surface area contributed by atoms with Gasteiger partial charge in [-0.3, -0.25) is 9.59 Å². The standard InChI is InChI=1S/C24H29F3N4O2/c1-16(2)13-17(3)29-22(32)19-7-8-21(28-15-19)30-9-11-31(12-10-30)23(33)18-5-4-6-20(14-18)24(25,26)27/h4-8,14-17H,9-13H2,1-3H3,(H,29,32). The van der Waals surface area contributed by atoms with Crippen molar-refractivity contribution in [1.29, 1.82) is 0 Å². The molecular weight excluding hydrogens is 433 g/mol. The maximum atomic E-state index is 12.9. The van der Waals surface area contributed by atoms with Crippen molar-refractivity contribution in [3.8, 4) is 0 Å². The molecule has 0 bridgehead atoms. The number of benzene rings is 1. The van der Waals surface area contributed by atoms with Crippen molar-refractivity contribution in [2.75, 3.05) is 31.1 Å². The van der Waals surface area contributed by atoms with Gasteiger partial charge in [0.25, 0.3) is 11.8 Å². The van der Waals surface area contributed by atoms with Crippen molar-refractivity contribution in [1.82, 2.24) is 15.2 Å². The van der Waals surface area contributed by atoms with Crippen molar-refractivity contribution in [2.24, 2.45) is 5.92 Å². The van der Waals surface area contributed by atoms with Gasteiger partial charge in [0.05, 0.1) is 11.1 Å². The molecule has 6 nitrogen and oxygen atoms in total. The summed E-state index contributed by atoms with van der Waals surface area (Å²) in [4.78, 5) is 33.0. The van der Waals surface area contributed by atoms with Gasteiger partial charge in [0.1, 0.15) is 5.82 Å². The lowest BCUT2D eigenvalue weighted by molar-refractivity contribution is -0.137. The second kappa shape index (κ2) is 10.2. The summed E-state index contributed by atoms with van der Waals surface area (Å²) in [7, 11) is 0. The molecular formula is C24H29F3N4O2. The van der Waals surface area contributed by atoms with Crippen LogP contribution in [0.1, 0.15) is 53.5 Å². The van der Waals surface area contributed by atoms with Gasteiger partial charge in [0.15, 0.2) is 0 Å². The van der Waals surface area contributed by atoms with Crippen LogP contribution in [-0.2, 0) is 6.18 Å². The van der Waals surface area contributed by atoms with Crippen molar-refractivity contribution in [3.05, 3.63) is 59.3 Å². The molecule has 0 spiro atoms. The van der Waals surface area contributed by atoms with Gasteiger partial charge in [-0.15, -0.1) is 0 Å². The minimum absolute atomic E-state index is 0.0264. The summed E-state index contributed by atoms with van der Waals surface area (Å²) in [5.41, 5.74) is -0.329. The number of anilines is 1. The van der Waals surface area contributed by atoms with Gasteiger partial charge in [-0.25, -0.2) is 4.98 Å². The lowest BCUT2D eigenvalue weighted by Gasteiger charge is -2.35. The number of hydrogen-bond donors (Lipinski definition) is 1. The molecule has 1 N–H and O–H groups in total. The van der Waals surface area contributed by atoms with Crippen LogP contribution in [0.15, 0.2) is 42.6 Å². The van der Waals surface area contributed by atoms with Crippen molar-refractivity contribution < 1.29 is 22.8 Å². The van der Waals surface area contributed by atoms with E-state index in [4.69, 9.17) is 0 Å². The minimum Gasteiger partial charge on any atom is -0.353 e. The van der Waals surface area contributed by atoms with Gasteiger partial charge < -0.3 is 15.1 Å². The molecule has 1 saturated heterocycles. The van der Waals surface area contributed by atoms with E-state index >= 15 is 0 Å². The highest BCUT2D eigenvalue weighted by atomic mass is 19.4. The zero-order valence-electron chi connectivity index (χ0n) is 19.0. The second-order valence-corrected chi connectivity index (χ2v) is 8.77. The van der Waals surface area contributed by atoms with Crippen LogP contribution in [-0.4, -0.2) is 53.9 Å². The summed E-state index contributed by atoms with van der Waals surface area (Å²) < 4.78 is 38.8. The number of pyridine rings is 1. The Balaban J connectivity index is 1.56. The molecule has 3 rings (SSSR count). The van der Waals surface area contributed by atoms with E-state index in [9.17, 15) is 22.8 Å². The Kier molecular flexibility index (Phi) is 7.61. The smallest absolute Gasteiger partial charge is 0.353 e. The van der Waals surface area contributed by atoms with E-state index in [-0.39, 0.29) is 17.5 Å². The van der Waals surface area contributed by atoms with Crippen LogP contribution in [0.2, 0.25) is 0 Å². The molecule has 1 fully saturated rings. The van der Waals surface area contributed by atoms with Gasteiger partial charge in [0.2, 0.25) is 0 Å². The Bertz CT molecular complexity index is 968. The Hall–Kier alpha value is -3.10.